The topological polar surface area (TPSA) is 71.1 Å². The summed E-state index contributed by atoms with van der Waals surface area (Å²) in [5.41, 5.74) is 0.752. The van der Waals surface area contributed by atoms with Crippen LogP contribution in [-0.2, 0) is 30.4 Å². The molecule has 6 nitrogen and oxygen atoms in total. The van der Waals surface area contributed by atoms with Gasteiger partial charge in [0.25, 0.3) is 0 Å². The largest absolute Gasteiger partial charge is 0.491 e. The molecule has 0 radical (unpaired) electrons. The van der Waals surface area contributed by atoms with Crippen LogP contribution < -0.4 is 4.74 Å². The van der Waals surface area contributed by atoms with Gasteiger partial charge < -0.3 is 18.9 Å². The Labute approximate surface area is 135 Å². The highest BCUT2D eigenvalue weighted by Crippen LogP contribution is 2.18. The van der Waals surface area contributed by atoms with Gasteiger partial charge in [-0.2, -0.15) is 0 Å². The van der Waals surface area contributed by atoms with Crippen molar-refractivity contribution in [3.8, 4) is 5.75 Å². The van der Waals surface area contributed by atoms with E-state index in [-0.39, 0.29) is 19.8 Å². The fourth-order valence-corrected chi connectivity index (χ4v) is 1.54. The minimum absolute atomic E-state index is 0.111. The van der Waals surface area contributed by atoms with Crippen LogP contribution in [0.2, 0.25) is 0 Å². The van der Waals surface area contributed by atoms with Gasteiger partial charge in [-0.1, -0.05) is 31.4 Å². The lowest BCUT2D eigenvalue weighted by molar-refractivity contribution is -0.139. The van der Waals surface area contributed by atoms with Crippen molar-refractivity contribution in [2.75, 3.05) is 26.4 Å². The molecule has 0 aliphatic carbocycles. The molecule has 23 heavy (non-hydrogen) atoms. The van der Waals surface area contributed by atoms with E-state index in [1.807, 2.05) is 12.1 Å². The number of para-hydroxylation sites is 1. The number of carbonyl (C=O) groups is 2. The lowest BCUT2D eigenvalue weighted by Gasteiger charge is -2.11. The zero-order valence-corrected chi connectivity index (χ0v) is 12.9. The van der Waals surface area contributed by atoms with Crippen molar-refractivity contribution in [1.29, 1.82) is 0 Å². The first-order valence-corrected chi connectivity index (χ1v) is 7.04. The first-order valence-electron chi connectivity index (χ1n) is 7.04. The molecule has 0 spiro atoms. The van der Waals surface area contributed by atoms with Crippen LogP contribution in [0.5, 0.6) is 5.75 Å². The number of hydrogen-bond donors (Lipinski definition) is 0. The molecule has 0 saturated heterocycles. The van der Waals surface area contributed by atoms with Crippen LogP contribution in [0.15, 0.2) is 49.6 Å². The second-order valence-electron chi connectivity index (χ2n) is 4.25. The third-order valence-electron chi connectivity index (χ3n) is 2.63. The van der Waals surface area contributed by atoms with E-state index in [0.29, 0.717) is 19.0 Å². The molecule has 0 aliphatic rings. The maximum atomic E-state index is 11.1. The molecule has 0 aliphatic heterocycles. The van der Waals surface area contributed by atoms with Gasteiger partial charge in [0.2, 0.25) is 0 Å². The van der Waals surface area contributed by atoms with Crippen LogP contribution in [0.1, 0.15) is 5.56 Å². The summed E-state index contributed by atoms with van der Waals surface area (Å²) in [5.74, 6) is -0.351. The molecule has 0 bridgehead atoms. The summed E-state index contributed by atoms with van der Waals surface area (Å²) in [6.07, 6.45) is 2.20. The Kier molecular flexibility index (Phi) is 8.85. The molecule has 0 atom stereocenters. The first-order chi connectivity index (χ1) is 11.2. The highest BCUT2D eigenvalue weighted by molar-refractivity contribution is 5.81. The predicted molar refractivity (Wildman–Crippen MR) is 83.9 cm³/mol. The summed E-state index contributed by atoms with van der Waals surface area (Å²) in [6, 6.07) is 7.24. The number of hydrogen-bond acceptors (Lipinski definition) is 6. The molecule has 1 aromatic carbocycles. The number of benzene rings is 1. The van der Waals surface area contributed by atoms with Crippen LogP contribution in [0, 0.1) is 0 Å². The number of carbonyl (C=O) groups excluding carboxylic acids is 2. The number of rotatable bonds is 11. The smallest absolute Gasteiger partial charge is 0.330 e. The molecule has 6 heteroatoms. The van der Waals surface area contributed by atoms with Crippen LogP contribution in [0.25, 0.3) is 0 Å². The Morgan fingerprint density at radius 1 is 0.913 bits per heavy atom. The third kappa shape index (κ3) is 7.82. The minimum Gasteiger partial charge on any atom is -0.491 e. The van der Waals surface area contributed by atoms with Crippen molar-refractivity contribution in [1.82, 2.24) is 0 Å². The van der Waals surface area contributed by atoms with Gasteiger partial charge in [-0.3, -0.25) is 0 Å². The zero-order chi connectivity index (χ0) is 16.9. The van der Waals surface area contributed by atoms with E-state index in [1.54, 1.807) is 12.1 Å². The van der Waals surface area contributed by atoms with E-state index in [1.165, 1.54) is 0 Å². The van der Waals surface area contributed by atoms with Gasteiger partial charge in [0.05, 0.1) is 13.2 Å². The third-order valence-corrected chi connectivity index (χ3v) is 2.63. The molecule has 0 aromatic heterocycles. The molecule has 1 rings (SSSR count). The molecule has 124 valence electrons. The molecule has 0 saturated carbocycles. The molecule has 0 heterocycles. The normalized spacial score (nSPS) is 9.74. The van der Waals surface area contributed by atoms with Crippen LogP contribution in [0.3, 0.4) is 0 Å². The first kappa shape index (κ1) is 18.4. The lowest BCUT2D eigenvalue weighted by Crippen LogP contribution is -2.13. The average molecular weight is 320 g/mol. The highest BCUT2D eigenvalue weighted by Gasteiger charge is 2.05. The minimum atomic E-state index is -0.489. The van der Waals surface area contributed by atoms with Crippen LogP contribution >= 0.6 is 0 Å². The van der Waals surface area contributed by atoms with E-state index in [0.717, 1.165) is 17.7 Å². The maximum absolute atomic E-state index is 11.1. The van der Waals surface area contributed by atoms with Gasteiger partial charge in [-0.25, -0.2) is 9.59 Å². The van der Waals surface area contributed by atoms with Gasteiger partial charge >= 0.3 is 11.9 Å². The molecule has 0 fully saturated rings. The predicted octanol–water partition coefficient (Wildman–Crippen LogP) is 2.04. The average Bonchev–Trinajstić information content (AvgIpc) is 2.59. The van der Waals surface area contributed by atoms with Crippen molar-refractivity contribution < 1.29 is 28.5 Å². The fourth-order valence-electron chi connectivity index (χ4n) is 1.54. The van der Waals surface area contributed by atoms with Gasteiger partial charge in [0, 0.05) is 17.7 Å². The Balaban J connectivity index is 2.26. The highest BCUT2D eigenvalue weighted by atomic mass is 16.6. The number of ether oxygens (including phenoxy) is 4. The van der Waals surface area contributed by atoms with E-state index in [4.69, 9.17) is 18.9 Å². The Morgan fingerprint density at radius 3 is 2.30 bits per heavy atom. The van der Waals surface area contributed by atoms with E-state index >= 15 is 0 Å². The molecule has 0 N–H and O–H groups in total. The Bertz CT molecular complexity index is 538. The second kappa shape index (κ2) is 11.0. The zero-order valence-electron chi connectivity index (χ0n) is 12.9. The van der Waals surface area contributed by atoms with Gasteiger partial charge in [0.15, 0.2) is 0 Å². The summed E-state index contributed by atoms with van der Waals surface area (Å²) < 4.78 is 20.6. The summed E-state index contributed by atoms with van der Waals surface area (Å²) in [6.45, 7) is 7.84. The SMILES string of the molecule is C=CC(=O)OCCOCCOc1ccccc1COC(=O)C=C. The maximum Gasteiger partial charge on any atom is 0.330 e. The van der Waals surface area contributed by atoms with E-state index in [9.17, 15) is 9.59 Å². The molecular weight excluding hydrogens is 300 g/mol. The summed E-state index contributed by atoms with van der Waals surface area (Å²) in [4.78, 5) is 21.9. The lowest BCUT2D eigenvalue weighted by atomic mass is 10.2. The summed E-state index contributed by atoms with van der Waals surface area (Å²) >= 11 is 0. The monoisotopic (exact) mass is 320 g/mol. The Hall–Kier alpha value is -2.60. The molecule has 1 aromatic rings. The van der Waals surface area contributed by atoms with Crippen molar-refractivity contribution in [2.24, 2.45) is 0 Å². The van der Waals surface area contributed by atoms with Crippen molar-refractivity contribution in [3.05, 3.63) is 55.1 Å². The summed E-state index contributed by atoms with van der Waals surface area (Å²) in [7, 11) is 0. The van der Waals surface area contributed by atoms with E-state index in [2.05, 4.69) is 13.2 Å². The second-order valence-corrected chi connectivity index (χ2v) is 4.25. The van der Waals surface area contributed by atoms with Crippen molar-refractivity contribution in [2.45, 2.75) is 6.61 Å². The molecule has 0 amide bonds. The van der Waals surface area contributed by atoms with Gasteiger partial charge in [0.1, 0.15) is 25.6 Å². The van der Waals surface area contributed by atoms with Crippen molar-refractivity contribution in [3.63, 3.8) is 0 Å². The Morgan fingerprint density at radius 2 is 1.57 bits per heavy atom. The summed E-state index contributed by atoms with van der Waals surface area (Å²) in [5, 5.41) is 0. The van der Waals surface area contributed by atoms with E-state index < -0.39 is 11.9 Å². The quantitative estimate of drug-likeness (QED) is 0.353. The van der Waals surface area contributed by atoms with Crippen LogP contribution in [0.4, 0.5) is 0 Å². The van der Waals surface area contributed by atoms with Crippen LogP contribution in [-0.4, -0.2) is 38.4 Å². The van der Waals surface area contributed by atoms with Crippen molar-refractivity contribution >= 4 is 11.9 Å². The van der Waals surface area contributed by atoms with Gasteiger partial charge in [-0.15, -0.1) is 0 Å². The molecule has 0 unspecified atom stereocenters. The standard InChI is InChI=1S/C17H20O6/c1-3-16(18)22-12-10-20-9-11-21-15-8-6-5-7-14(15)13-23-17(19)4-2/h3-8H,1-2,9-13H2. The fraction of sp³-hybridized carbons (Fsp3) is 0.294. The molecular formula is C17H20O6. The van der Waals surface area contributed by atoms with Gasteiger partial charge in [-0.05, 0) is 6.07 Å². The number of esters is 2.